The van der Waals surface area contributed by atoms with E-state index in [0.29, 0.717) is 6.42 Å². The molecule has 4 nitrogen and oxygen atoms in total. The predicted octanol–water partition coefficient (Wildman–Crippen LogP) is 2.28. The van der Waals surface area contributed by atoms with Crippen molar-refractivity contribution in [1.82, 2.24) is 4.90 Å². The van der Waals surface area contributed by atoms with E-state index in [1.807, 2.05) is 0 Å². The summed E-state index contributed by atoms with van der Waals surface area (Å²) < 4.78 is 36.9. The molecule has 1 rings (SSSR count). The lowest BCUT2D eigenvalue weighted by Crippen LogP contribution is -2.40. The zero-order chi connectivity index (χ0) is 13.1. The van der Waals surface area contributed by atoms with Crippen molar-refractivity contribution in [2.24, 2.45) is 0 Å². The summed E-state index contributed by atoms with van der Waals surface area (Å²) in [4.78, 5) is 12.6. The fraction of sp³-hybridized carbons (Fsp3) is 0.909. The molecule has 17 heavy (non-hydrogen) atoms. The lowest BCUT2D eigenvalue weighted by Gasteiger charge is -2.24. The van der Waals surface area contributed by atoms with Crippen molar-refractivity contribution in [2.75, 3.05) is 20.2 Å². The molecule has 6 heteroatoms. The first kappa shape index (κ1) is 14.2. The van der Waals surface area contributed by atoms with Gasteiger partial charge < -0.3 is 14.4 Å². The van der Waals surface area contributed by atoms with Crippen LogP contribution in [0.25, 0.3) is 0 Å². The van der Waals surface area contributed by atoms with Gasteiger partial charge in [0.25, 0.3) is 5.92 Å². The molecule has 1 saturated heterocycles. The van der Waals surface area contributed by atoms with Gasteiger partial charge in [-0.15, -0.1) is 0 Å². The summed E-state index contributed by atoms with van der Waals surface area (Å²) in [5.74, 6) is -2.92. The smallest absolute Gasteiger partial charge is 0.410 e. The van der Waals surface area contributed by atoms with Gasteiger partial charge >= 0.3 is 6.09 Å². The van der Waals surface area contributed by atoms with E-state index in [-0.39, 0.29) is 19.1 Å². The van der Waals surface area contributed by atoms with E-state index < -0.39 is 24.7 Å². The number of methoxy groups -OCH3 is 1. The van der Waals surface area contributed by atoms with Crippen molar-refractivity contribution in [3.63, 3.8) is 0 Å². The van der Waals surface area contributed by atoms with Crippen LogP contribution in [0.1, 0.15) is 26.7 Å². The second-order valence-corrected chi connectivity index (χ2v) is 4.56. The third kappa shape index (κ3) is 4.46. The number of ether oxygens (including phenoxy) is 2. The van der Waals surface area contributed by atoms with Gasteiger partial charge in [-0.05, 0) is 20.3 Å². The second kappa shape index (κ2) is 5.62. The SMILES string of the molecule is COC1CCN(C(=O)OC(C)C)CC(F)(F)C1. The van der Waals surface area contributed by atoms with E-state index >= 15 is 0 Å². The minimum Gasteiger partial charge on any atom is -0.447 e. The fourth-order valence-electron chi connectivity index (χ4n) is 1.79. The molecule has 0 bridgehead atoms. The molecule has 0 radical (unpaired) electrons. The van der Waals surface area contributed by atoms with E-state index in [1.54, 1.807) is 13.8 Å². The highest BCUT2D eigenvalue weighted by molar-refractivity contribution is 5.67. The number of amides is 1. The van der Waals surface area contributed by atoms with Crippen LogP contribution >= 0.6 is 0 Å². The van der Waals surface area contributed by atoms with Crippen LogP contribution in [-0.2, 0) is 9.47 Å². The average Bonchev–Trinajstić information content (AvgIpc) is 2.35. The Morgan fingerprint density at radius 1 is 1.47 bits per heavy atom. The molecular weight excluding hydrogens is 232 g/mol. The molecule has 0 saturated carbocycles. The maximum Gasteiger partial charge on any atom is 0.410 e. The molecule has 1 atom stereocenters. The number of halogens is 2. The van der Waals surface area contributed by atoms with Gasteiger partial charge in [0.1, 0.15) is 0 Å². The van der Waals surface area contributed by atoms with Crippen LogP contribution in [0.3, 0.4) is 0 Å². The first-order chi connectivity index (χ1) is 7.84. The Balaban J connectivity index is 2.65. The number of hydrogen-bond donors (Lipinski definition) is 0. The third-order valence-corrected chi connectivity index (χ3v) is 2.60. The Labute approximate surface area is 99.9 Å². The van der Waals surface area contributed by atoms with Crippen LogP contribution in [0.4, 0.5) is 13.6 Å². The molecule has 0 aromatic carbocycles. The van der Waals surface area contributed by atoms with E-state index in [2.05, 4.69) is 0 Å². The molecular formula is C11H19F2NO3. The molecule has 1 amide bonds. The number of carbonyl (C=O) groups is 1. The molecule has 0 spiro atoms. The van der Waals surface area contributed by atoms with Crippen LogP contribution in [0.5, 0.6) is 0 Å². The zero-order valence-corrected chi connectivity index (χ0v) is 10.4. The maximum absolute atomic E-state index is 13.5. The molecule has 1 unspecified atom stereocenters. The highest BCUT2D eigenvalue weighted by Gasteiger charge is 2.40. The van der Waals surface area contributed by atoms with E-state index in [4.69, 9.17) is 9.47 Å². The maximum atomic E-state index is 13.5. The Morgan fingerprint density at radius 3 is 2.65 bits per heavy atom. The van der Waals surface area contributed by atoms with Gasteiger partial charge in [-0.2, -0.15) is 0 Å². The van der Waals surface area contributed by atoms with Gasteiger partial charge in [0.2, 0.25) is 0 Å². The molecule has 1 heterocycles. The number of carbonyl (C=O) groups excluding carboxylic acids is 1. The number of rotatable bonds is 2. The van der Waals surface area contributed by atoms with Gasteiger partial charge in [-0.3, -0.25) is 0 Å². The monoisotopic (exact) mass is 251 g/mol. The number of hydrogen-bond acceptors (Lipinski definition) is 3. The average molecular weight is 251 g/mol. The predicted molar refractivity (Wildman–Crippen MR) is 58.2 cm³/mol. The fourth-order valence-corrected chi connectivity index (χ4v) is 1.79. The first-order valence-electron chi connectivity index (χ1n) is 5.70. The van der Waals surface area contributed by atoms with Gasteiger partial charge in [0, 0.05) is 20.1 Å². The minimum atomic E-state index is -2.92. The van der Waals surface area contributed by atoms with Crippen molar-refractivity contribution < 1.29 is 23.0 Å². The molecule has 0 aliphatic carbocycles. The van der Waals surface area contributed by atoms with E-state index in [9.17, 15) is 13.6 Å². The summed E-state index contributed by atoms with van der Waals surface area (Å²) >= 11 is 0. The Morgan fingerprint density at radius 2 is 2.12 bits per heavy atom. The number of alkyl halides is 2. The highest BCUT2D eigenvalue weighted by Crippen LogP contribution is 2.28. The van der Waals surface area contributed by atoms with Crippen molar-refractivity contribution >= 4 is 6.09 Å². The number of nitrogens with zero attached hydrogens (tertiary/aromatic N) is 1. The molecule has 1 aliphatic rings. The molecule has 100 valence electrons. The van der Waals surface area contributed by atoms with E-state index in [1.165, 1.54) is 7.11 Å². The molecule has 1 aliphatic heterocycles. The van der Waals surface area contributed by atoms with Crippen LogP contribution in [0.15, 0.2) is 0 Å². The first-order valence-corrected chi connectivity index (χ1v) is 5.70. The second-order valence-electron chi connectivity index (χ2n) is 4.56. The lowest BCUT2D eigenvalue weighted by molar-refractivity contribution is -0.0569. The molecule has 0 aromatic heterocycles. The van der Waals surface area contributed by atoms with Gasteiger partial charge in [-0.25, -0.2) is 13.6 Å². The summed E-state index contributed by atoms with van der Waals surface area (Å²) in [6.45, 7) is 3.01. The third-order valence-electron chi connectivity index (χ3n) is 2.60. The van der Waals surface area contributed by atoms with Crippen LogP contribution in [-0.4, -0.2) is 49.3 Å². The topological polar surface area (TPSA) is 38.8 Å². The van der Waals surface area contributed by atoms with Gasteiger partial charge in [0.15, 0.2) is 0 Å². The van der Waals surface area contributed by atoms with Crippen molar-refractivity contribution in [2.45, 2.75) is 44.8 Å². The Bertz CT molecular complexity index is 271. The summed E-state index contributed by atoms with van der Waals surface area (Å²) in [5.41, 5.74) is 0. The van der Waals surface area contributed by atoms with Crippen molar-refractivity contribution in [3.8, 4) is 0 Å². The van der Waals surface area contributed by atoms with Gasteiger partial charge in [-0.1, -0.05) is 0 Å². The van der Waals surface area contributed by atoms with Crippen molar-refractivity contribution in [1.29, 1.82) is 0 Å². The summed E-state index contributed by atoms with van der Waals surface area (Å²) in [5, 5.41) is 0. The Hall–Kier alpha value is -0.910. The minimum absolute atomic E-state index is 0.236. The highest BCUT2D eigenvalue weighted by atomic mass is 19.3. The summed E-state index contributed by atoms with van der Waals surface area (Å²) in [6, 6.07) is 0. The quantitative estimate of drug-likeness (QED) is 0.755. The molecule has 0 aromatic rings. The Kier molecular flexibility index (Phi) is 4.68. The van der Waals surface area contributed by atoms with Gasteiger partial charge in [0.05, 0.1) is 18.8 Å². The lowest BCUT2D eigenvalue weighted by atomic mass is 10.1. The van der Waals surface area contributed by atoms with Crippen LogP contribution < -0.4 is 0 Å². The summed E-state index contributed by atoms with van der Waals surface area (Å²) in [6.07, 6.45) is -1.45. The largest absolute Gasteiger partial charge is 0.447 e. The number of likely N-dealkylation sites (tertiary alicyclic amines) is 1. The normalized spacial score (nSPS) is 24.6. The summed E-state index contributed by atoms with van der Waals surface area (Å²) in [7, 11) is 1.41. The zero-order valence-electron chi connectivity index (χ0n) is 10.4. The van der Waals surface area contributed by atoms with E-state index in [0.717, 1.165) is 4.90 Å². The molecule has 0 N–H and O–H groups in total. The van der Waals surface area contributed by atoms with Crippen LogP contribution in [0.2, 0.25) is 0 Å². The molecule has 1 fully saturated rings. The van der Waals surface area contributed by atoms with Crippen LogP contribution in [0, 0.1) is 0 Å². The van der Waals surface area contributed by atoms with Crippen molar-refractivity contribution in [3.05, 3.63) is 0 Å². The standard InChI is InChI=1S/C11H19F2NO3/c1-8(2)17-10(15)14-5-4-9(16-3)6-11(12,13)7-14/h8-9H,4-7H2,1-3H3.